The van der Waals surface area contributed by atoms with Gasteiger partial charge in [0.1, 0.15) is 0 Å². The Bertz CT molecular complexity index is 71.4. The summed E-state index contributed by atoms with van der Waals surface area (Å²) in [6, 6.07) is 0. The Morgan fingerprint density at radius 1 is 1.43 bits per heavy atom. The zero-order valence-electron chi connectivity index (χ0n) is 3.67. The normalized spacial score (nSPS) is 5.71. The van der Waals surface area contributed by atoms with Gasteiger partial charge < -0.3 is 17.0 Å². The third-order valence-corrected chi connectivity index (χ3v) is 0.869. The van der Waals surface area contributed by atoms with Crippen LogP contribution in [0.1, 0.15) is 0 Å². The Morgan fingerprint density at radius 2 is 2.14 bits per heavy atom. The number of rotatable bonds is 0. The Kier molecular flexibility index (Phi) is 10.3. The van der Waals surface area contributed by atoms with Gasteiger partial charge in [0.25, 0.3) is 0 Å². The minimum Gasteiger partial charge on any atom is -1.00 e. The first-order chi connectivity index (χ1) is 2.50. The van der Waals surface area contributed by atoms with Crippen LogP contribution in [0.15, 0.2) is 17.1 Å². The summed E-state index contributed by atoms with van der Waals surface area (Å²) in [6.07, 6.45) is 1.77. The molecule has 0 fully saturated rings. The van der Waals surface area contributed by atoms with Crippen LogP contribution in [-0.2, 0) is 19.5 Å². The standard InChI is InChI=1S/C3H3NS.BrH.Zn/c1-2-5-3-4-1;;/h1-3H;1H;/p-1. The third-order valence-electron chi connectivity index (χ3n) is 0.347. The van der Waals surface area contributed by atoms with Crippen molar-refractivity contribution in [1.82, 2.24) is 4.98 Å². The van der Waals surface area contributed by atoms with E-state index in [1.54, 1.807) is 23.0 Å². The predicted molar refractivity (Wildman–Crippen MR) is 22.1 cm³/mol. The van der Waals surface area contributed by atoms with E-state index in [2.05, 4.69) is 4.98 Å². The molecular formula is C3H3BrNSZn-. The largest absolute Gasteiger partial charge is 1.00 e. The van der Waals surface area contributed by atoms with Crippen molar-refractivity contribution in [2.24, 2.45) is 0 Å². The molecule has 1 rings (SSSR count). The van der Waals surface area contributed by atoms with E-state index in [1.807, 2.05) is 5.38 Å². The summed E-state index contributed by atoms with van der Waals surface area (Å²) in [5.41, 5.74) is 1.79. The Hall–Kier alpha value is 0.733. The maximum Gasteiger partial charge on any atom is 0.0791 e. The van der Waals surface area contributed by atoms with Gasteiger partial charge in [-0.2, -0.15) is 0 Å². The van der Waals surface area contributed by atoms with Crippen molar-refractivity contribution in [2.45, 2.75) is 0 Å². The average Bonchev–Trinajstić information content (AvgIpc) is 1.76. The van der Waals surface area contributed by atoms with E-state index in [0.29, 0.717) is 0 Å². The van der Waals surface area contributed by atoms with Crippen LogP contribution in [0, 0.1) is 0 Å². The van der Waals surface area contributed by atoms with Crippen LogP contribution in [0.3, 0.4) is 0 Å². The molecule has 0 spiro atoms. The monoisotopic (exact) mass is 228 g/mol. The molecular weight excluding hydrogens is 227 g/mol. The molecule has 1 aromatic heterocycles. The van der Waals surface area contributed by atoms with Crippen LogP contribution >= 0.6 is 11.3 Å². The zero-order chi connectivity index (χ0) is 3.54. The molecule has 0 atom stereocenters. The first-order valence-corrected chi connectivity index (χ1v) is 2.26. The molecule has 0 aliphatic heterocycles. The molecule has 0 saturated carbocycles. The smallest absolute Gasteiger partial charge is 0.0791 e. The molecule has 4 heteroatoms. The van der Waals surface area contributed by atoms with Crippen molar-refractivity contribution in [3.8, 4) is 0 Å². The third kappa shape index (κ3) is 4.59. The zero-order valence-corrected chi connectivity index (χ0v) is 9.04. The minimum atomic E-state index is 0. The summed E-state index contributed by atoms with van der Waals surface area (Å²) >= 11 is 1.60. The van der Waals surface area contributed by atoms with Crippen LogP contribution in [0.2, 0.25) is 0 Å². The number of nitrogens with zero attached hydrogens (tertiary/aromatic N) is 1. The maximum atomic E-state index is 3.74. The first kappa shape index (κ1) is 10.7. The van der Waals surface area contributed by atoms with Gasteiger partial charge in [0.15, 0.2) is 0 Å². The molecule has 0 aliphatic rings. The molecule has 0 radical (unpaired) electrons. The minimum absolute atomic E-state index is 0. The van der Waals surface area contributed by atoms with E-state index in [9.17, 15) is 0 Å². The first-order valence-electron chi connectivity index (χ1n) is 1.32. The van der Waals surface area contributed by atoms with Crippen molar-refractivity contribution in [3.05, 3.63) is 17.1 Å². The SMILES string of the molecule is [Br-].[Zn].c1cscn1. The van der Waals surface area contributed by atoms with E-state index >= 15 is 0 Å². The molecule has 0 aromatic carbocycles. The van der Waals surface area contributed by atoms with Gasteiger partial charge in [0, 0.05) is 31.1 Å². The van der Waals surface area contributed by atoms with Crippen LogP contribution in [0.25, 0.3) is 0 Å². The van der Waals surface area contributed by atoms with Crippen molar-refractivity contribution >= 4 is 11.3 Å². The number of hydrogen-bond donors (Lipinski definition) is 0. The van der Waals surface area contributed by atoms with Crippen LogP contribution < -0.4 is 17.0 Å². The Labute approximate surface area is 69.7 Å². The van der Waals surface area contributed by atoms with Crippen molar-refractivity contribution in [1.29, 1.82) is 0 Å². The molecule has 36 valence electrons. The van der Waals surface area contributed by atoms with E-state index in [4.69, 9.17) is 0 Å². The number of thiazole rings is 1. The molecule has 7 heavy (non-hydrogen) atoms. The van der Waals surface area contributed by atoms with Gasteiger partial charge in [-0.3, -0.25) is 4.98 Å². The molecule has 0 N–H and O–H groups in total. The van der Waals surface area contributed by atoms with Crippen LogP contribution in [0.5, 0.6) is 0 Å². The average molecular weight is 230 g/mol. The van der Waals surface area contributed by atoms with E-state index in [0.717, 1.165) is 0 Å². The maximum absolute atomic E-state index is 3.74. The van der Waals surface area contributed by atoms with Gasteiger partial charge in [-0.25, -0.2) is 0 Å². The number of aromatic nitrogens is 1. The fourth-order valence-corrected chi connectivity index (χ4v) is 0.527. The van der Waals surface area contributed by atoms with Gasteiger partial charge >= 0.3 is 0 Å². The second-order valence-electron chi connectivity index (χ2n) is 0.676. The Morgan fingerprint density at radius 3 is 2.29 bits per heavy atom. The molecule has 0 saturated heterocycles. The van der Waals surface area contributed by atoms with Gasteiger partial charge in [0.2, 0.25) is 0 Å². The van der Waals surface area contributed by atoms with Gasteiger partial charge in [0.05, 0.1) is 5.51 Å². The van der Waals surface area contributed by atoms with E-state index < -0.39 is 0 Å². The van der Waals surface area contributed by atoms with Gasteiger partial charge in [-0.05, 0) is 0 Å². The van der Waals surface area contributed by atoms with Gasteiger partial charge in [-0.1, -0.05) is 0 Å². The van der Waals surface area contributed by atoms with Crippen molar-refractivity contribution in [3.63, 3.8) is 0 Å². The summed E-state index contributed by atoms with van der Waals surface area (Å²) in [4.78, 5) is 3.74. The fourth-order valence-electron chi connectivity index (χ4n) is 0.176. The van der Waals surface area contributed by atoms with Crippen molar-refractivity contribution < 1.29 is 36.5 Å². The molecule has 1 heterocycles. The van der Waals surface area contributed by atoms with Gasteiger partial charge in [-0.15, -0.1) is 11.3 Å². The summed E-state index contributed by atoms with van der Waals surface area (Å²) in [5.74, 6) is 0. The summed E-state index contributed by atoms with van der Waals surface area (Å²) < 4.78 is 0. The Balaban J connectivity index is 0. The summed E-state index contributed by atoms with van der Waals surface area (Å²) in [7, 11) is 0. The summed E-state index contributed by atoms with van der Waals surface area (Å²) in [5, 5.41) is 1.93. The molecule has 0 aliphatic carbocycles. The second-order valence-corrected chi connectivity index (χ2v) is 1.43. The topological polar surface area (TPSA) is 12.9 Å². The quantitative estimate of drug-likeness (QED) is 0.477. The molecule has 0 amide bonds. The van der Waals surface area contributed by atoms with E-state index in [1.165, 1.54) is 0 Å². The molecule has 1 nitrogen and oxygen atoms in total. The number of hydrogen-bond acceptors (Lipinski definition) is 2. The molecule has 0 bridgehead atoms. The summed E-state index contributed by atoms with van der Waals surface area (Å²) in [6.45, 7) is 0. The van der Waals surface area contributed by atoms with E-state index in [-0.39, 0.29) is 36.5 Å². The van der Waals surface area contributed by atoms with Crippen LogP contribution in [-0.4, -0.2) is 4.98 Å². The van der Waals surface area contributed by atoms with Crippen LogP contribution in [0.4, 0.5) is 0 Å². The molecule has 1 aromatic rings. The predicted octanol–water partition coefficient (Wildman–Crippen LogP) is -1.86. The second kappa shape index (κ2) is 6.73. The van der Waals surface area contributed by atoms with Crippen molar-refractivity contribution in [2.75, 3.05) is 0 Å². The number of halogens is 1. The molecule has 0 unspecified atom stereocenters. The fraction of sp³-hybridized carbons (Fsp3) is 0.